The number of ether oxygens (including phenoxy) is 1. The summed E-state index contributed by atoms with van der Waals surface area (Å²) in [4.78, 5) is 15.6. The molecule has 0 amide bonds. The van der Waals surface area contributed by atoms with Crippen molar-refractivity contribution < 1.29 is 14.2 Å². The number of imidazole rings is 1. The van der Waals surface area contributed by atoms with Crippen LogP contribution in [0.5, 0.6) is 5.75 Å². The van der Waals surface area contributed by atoms with Crippen molar-refractivity contribution >= 4 is 11.0 Å². The van der Waals surface area contributed by atoms with Gasteiger partial charge < -0.3 is 9.84 Å². The SMILES string of the molecule is COc1ccc(Cn2c(=O)n(CC(O)CN3CCc4ccccc4C3)c3cc(F)ccc32)cc1. The summed E-state index contributed by atoms with van der Waals surface area (Å²) < 4.78 is 22.4. The predicted octanol–water partition coefficient (Wildman–Crippen LogP) is 3.42. The van der Waals surface area contributed by atoms with Gasteiger partial charge in [0.1, 0.15) is 11.6 Å². The van der Waals surface area contributed by atoms with Gasteiger partial charge in [0.2, 0.25) is 0 Å². The van der Waals surface area contributed by atoms with Crippen molar-refractivity contribution in [2.24, 2.45) is 0 Å². The number of benzene rings is 3. The minimum Gasteiger partial charge on any atom is -0.497 e. The van der Waals surface area contributed by atoms with E-state index in [0.29, 0.717) is 24.1 Å². The maximum Gasteiger partial charge on any atom is 0.329 e. The number of aromatic nitrogens is 2. The van der Waals surface area contributed by atoms with Crippen LogP contribution in [-0.4, -0.2) is 45.4 Å². The van der Waals surface area contributed by atoms with E-state index in [4.69, 9.17) is 4.74 Å². The van der Waals surface area contributed by atoms with Crippen LogP contribution in [0.25, 0.3) is 11.0 Å². The topological polar surface area (TPSA) is 59.6 Å². The number of β-amino-alcohol motifs (C(OH)–C–C–N with tert-alkyl or cyclic N) is 1. The monoisotopic (exact) mass is 461 g/mol. The van der Waals surface area contributed by atoms with Crippen molar-refractivity contribution in [3.63, 3.8) is 0 Å². The second kappa shape index (κ2) is 9.44. The molecule has 1 atom stereocenters. The number of hydrogen-bond donors (Lipinski definition) is 1. The van der Waals surface area contributed by atoms with E-state index in [1.54, 1.807) is 17.7 Å². The Bertz CT molecular complexity index is 1360. The van der Waals surface area contributed by atoms with Crippen molar-refractivity contribution in [1.29, 1.82) is 0 Å². The Morgan fingerprint density at radius 2 is 1.74 bits per heavy atom. The molecular weight excluding hydrogens is 433 g/mol. The molecule has 0 saturated heterocycles. The van der Waals surface area contributed by atoms with E-state index in [1.807, 2.05) is 30.3 Å². The molecular formula is C27H28FN3O3. The molecule has 0 aliphatic carbocycles. The molecule has 176 valence electrons. The highest BCUT2D eigenvalue weighted by molar-refractivity contribution is 5.76. The summed E-state index contributed by atoms with van der Waals surface area (Å²) in [6, 6.07) is 20.2. The smallest absolute Gasteiger partial charge is 0.329 e. The predicted molar refractivity (Wildman–Crippen MR) is 130 cm³/mol. The second-order valence-corrected chi connectivity index (χ2v) is 8.87. The molecule has 1 unspecified atom stereocenters. The Morgan fingerprint density at radius 3 is 2.50 bits per heavy atom. The Kier molecular flexibility index (Phi) is 6.22. The zero-order valence-corrected chi connectivity index (χ0v) is 19.2. The van der Waals surface area contributed by atoms with Gasteiger partial charge in [-0.3, -0.25) is 14.0 Å². The molecule has 3 aromatic carbocycles. The van der Waals surface area contributed by atoms with Crippen molar-refractivity contribution in [3.05, 3.63) is 99.7 Å². The average molecular weight is 462 g/mol. The van der Waals surface area contributed by atoms with Crippen molar-refractivity contribution in [2.45, 2.75) is 32.2 Å². The average Bonchev–Trinajstić information content (AvgIpc) is 3.09. The van der Waals surface area contributed by atoms with Gasteiger partial charge in [0, 0.05) is 19.6 Å². The fourth-order valence-electron chi connectivity index (χ4n) is 4.81. The number of aliphatic hydroxyl groups is 1. The Morgan fingerprint density at radius 1 is 0.971 bits per heavy atom. The van der Waals surface area contributed by atoms with E-state index in [-0.39, 0.29) is 12.2 Å². The summed E-state index contributed by atoms with van der Waals surface area (Å²) in [5.74, 6) is 0.328. The molecule has 1 aromatic heterocycles. The van der Waals surface area contributed by atoms with Crippen LogP contribution in [0.4, 0.5) is 4.39 Å². The fraction of sp³-hybridized carbons (Fsp3) is 0.296. The number of hydrogen-bond acceptors (Lipinski definition) is 4. The highest BCUT2D eigenvalue weighted by Crippen LogP contribution is 2.20. The molecule has 0 spiro atoms. The standard InChI is InChI=1S/C27H28FN3O3/c1-34-24-9-6-19(7-10-24)15-30-25-11-8-22(28)14-26(25)31(27(30)33)18-23(32)17-29-13-12-20-4-2-3-5-21(20)16-29/h2-11,14,23,32H,12-13,15-18H2,1H3. The van der Waals surface area contributed by atoms with Gasteiger partial charge in [0.25, 0.3) is 0 Å². The number of aliphatic hydroxyl groups excluding tert-OH is 1. The van der Waals surface area contributed by atoms with E-state index in [9.17, 15) is 14.3 Å². The Hall–Kier alpha value is -3.42. The van der Waals surface area contributed by atoms with Crippen molar-refractivity contribution in [2.75, 3.05) is 20.2 Å². The lowest BCUT2D eigenvalue weighted by molar-refractivity contribution is 0.0917. The summed E-state index contributed by atoms with van der Waals surface area (Å²) in [5, 5.41) is 10.9. The molecule has 1 aliphatic heterocycles. The fourth-order valence-corrected chi connectivity index (χ4v) is 4.81. The first-order valence-corrected chi connectivity index (χ1v) is 11.5. The van der Waals surface area contributed by atoms with Gasteiger partial charge in [-0.25, -0.2) is 9.18 Å². The van der Waals surface area contributed by atoms with Gasteiger partial charge in [-0.1, -0.05) is 36.4 Å². The van der Waals surface area contributed by atoms with E-state index in [0.717, 1.165) is 30.8 Å². The molecule has 0 radical (unpaired) electrons. The van der Waals surface area contributed by atoms with Gasteiger partial charge in [0.05, 0.1) is 37.3 Å². The molecule has 34 heavy (non-hydrogen) atoms. The molecule has 6 nitrogen and oxygen atoms in total. The lowest BCUT2D eigenvalue weighted by atomic mass is 10.00. The number of halogens is 1. The van der Waals surface area contributed by atoms with Crippen LogP contribution in [0.1, 0.15) is 16.7 Å². The lowest BCUT2D eigenvalue weighted by Crippen LogP contribution is -2.39. The van der Waals surface area contributed by atoms with Crippen LogP contribution in [0.2, 0.25) is 0 Å². The highest BCUT2D eigenvalue weighted by Gasteiger charge is 2.21. The number of nitrogens with zero attached hydrogens (tertiary/aromatic N) is 3. The summed E-state index contributed by atoms with van der Waals surface area (Å²) in [6.45, 7) is 2.53. The van der Waals surface area contributed by atoms with Crippen LogP contribution in [0.3, 0.4) is 0 Å². The third-order valence-electron chi connectivity index (χ3n) is 6.55. The summed E-state index contributed by atoms with van der Waals surface area (Å²) in [5.41, 5.74) is 4.42. The van der Waals surface area contributed by atoms with Crippen LogP contribution in [-0.2, 0) is 26.1 Å². The molecule has 1 aliphatic rings. The van der Waals surface area contributed by atoms with E-state index >= 15 is 0 Å². The van der Waals surface area contributed by atoms with Crippen molar-refractivity contribution in [1.82, 2.24) is 14.0 Å². The molecule has 0 bridgehead atoms. The Balaban J connectivity index is 1.38. The third-order valence-corrected chi connectivity index (χ3v) is 6.55. The normalized spacial score (nSPS) is 14.8. The zero-order valence-electron chi connectivity index (χ0n) is 19.2. The second-order valence-electron chi connectivity index (χ2n) is 8.87. The maximum atomic E-state index is 14.1. The largest absolute Gasteiger partial charge is 0.497 e. The van der Waals surface area contributed by atoms with Gasteiger partial charge >= 0.3 is 5.69 Å². The first-order chi connectivity index (χ1) is 16.5. The quantitative estimate of drug-likeness (QED) is 0.458. The van der Waals surface area contributed by atoms with E-state index in [1.165, 1.54) is 27.8 Å². The minimum atomic E-state index is -0.758. The summed E-state index contributed by atoms with van der Waals surface area (Å²) in [6.07, 6.45) is 0.182. The zero-order chi connectivity index (χ0) is 23.7. The van der Waals surface area contributed by atoms with Gasteiger partial charge in [-0.05, 0) is 53.4 Å². The molecule has 0 saturated carbocycles. The maximum absolute atomic E-state index is 14.1. The summed E-state index contributed by atoms with van der Waals surface area (Å²) >= 11 is 0. The van der Waals surface area contributed by atoms with Crippen LogP contribution in [0.15, 0.2) is 71.5 Å². The van der Waals surface area contributed by atoms with Crippen LogP contribution < -0.4 is 10.4 Å². The van der Waals surface area contributed by atoms with E-state index in [2.05, 4.69) is 23.1 Å². The third kappa shape index (κ3) is 4.49. The molecule has 1 N–H and O–H groups in total. The number of fused-ring (bicyclic) bond motifs is 2. The molecule has 0 fully saturated rings. The van der Waals surface area contributed by atoms with Gasteiger partial charge in [-0.15, -0.1) is 0 Å². The first kappa shape index (κ1) is 22.4. The minimum absolute atomic E-state index is 0.104. The molecule has 7 heteroatoms. The van der Waals surface area contributed by atoms with E-state index < -0.39 is 11.9 Å². The summed E-state index contributed by atoms with van der Waals surface area (Å²) in [7, 11) is 1.61. The van der Waals surface area contributed by atoms with Crippen molar-refractivity contribution in [3.8, 4) is 5.75 Å². The number of rotatable bonds is 7. The number of methoxy groups -OCH3 is 1. The first-order valence-electron chi connectivity index (χ1n) is 11.5. The Labute approximate surface area is 197 Å². The van der Waals surface area contributed by atoms with Crippen LogP contribution in [0, 0.1) is 5.82 Å². The lowest BCUT2D eigenvalue weighted by Gasteiger charge is -2.30. The molecule has 2 heterocycles. The van der Waals surface area contributed by atoms with Gasteiger partial charge in [0.15, 0.2) is 0 Å². The van der Waals surface area contributed by atoms with Crippen LogP contribution >= 0.6 is 0 Å². The highest BCUT2D eigenvalue weighted by atomic mass is 19.1. The molecule has 4 aromatic rings. The van der Waals surface area contributed by atoms with Gasteiger partial charge in [-0.2, -0.15) is 0 Å². The molecule has 5 rings (SSSR count).